The fourth-order valence-electron chi connectivity index (χ4n) is 7.11. The molecule has 13 heteroatoms. The van der Waals surface area contributed by atoms with Crippen LogP contribution in [0.5, 0.6) is 17.2 Å². The maximum absolute atomic E-state index is 14.0. The van der Waals surface area contributed by atoms with Gasteiger partial charge in [0.05, 0.1) is 53.9 Å². The van der Waals surface area contributed by atoms with Gasteiger partial charge >= 0.3 is 0 Å². The van der Waals surface area contributed by atoms with Crippen LogP contribution in [0.4, 0.5) is 11.4 Å². The summed E-state index contributed by atoms with van der Waals surface area (Å²) in [6.07, 6.45) is 5.11. The van der Waals surface area contributed by atoms with Crippen LogP contribution in [0.15, 0.2) is 47.9 Å². The van der Waals surface area contributed by atoms with E-state index in [1.807, 2.05) is 19.1 Å². The van der Waals surface area contributed by atoms with Crippen LogP contribution in [-0.4, -0.2) is 79.4 Å². The molecule has 6 rings (SSSR count). The zero-order valence-corrected chi connectivity index (χ0v) is 29.9. The van der Waals surface area contributed by atoms with Gasteiger partial charge in [-0.1, -0.05) is 36.7 Å². The molecule has 0 aliphatic carbocycles. The van der Waals surface area contributed by atoms with Gasteiger partial charge in [0, 0.05) is 60.9 Å². The number of nitrogens with one attached hydrogen (secondary N) is 1. The second-order valence-corrected chi connectivity index (χ2v) is 13.2. The number of fused-ring (bicyclic) bond motifs is 1. The maximum atomic E-state index is 14.0. The van der Waals surface area contributed by atoms with E-state index in [4.69, 9.17) is 47.4 Å². The molecule has 1 unspecified atom stereocenters. The van der Waals surface area contributed by atoms with Crippen molar-refractivity contribution in [2.75, 3.05) is 64.3 Å². The van der Waals surface area contributed by atoms with E-state index in [1.165, 1.54) is 20.3 Å². The summed E-state index contributed by atoms with van der Waals surface area (Å²) in [6.45, 7) is 13.0. The van der Waals surface area contributed by atoms with Crippen LogP contribution in [0.1, 0.15) is 26.7 Å². The number of carbonyl (C=O) groups excluding carboxylic acids is 1. The van der Waals surface area contributed by atoms with Crippen LogP contribution < -0.4 is 30.0 Å². The van der Waals surface area contributed by atoms with Gasteiger partial charge in [0.2, 0.25) is 5.91 Å². The molecule has 1 spiro atoms. The van der Waals surface area contributed by atoms with Gasteiger partial charge in [-0.2, -0.15) is 0 Å². The van der Waals surface area contributed by atoms with E-state index in [0.717, 1.165) is 51.3 Å². The van der Waals surface area contributed by atoms with Crippen molar-refractivity contribution in [3.05, 3.63) is 63.5 Å². The largest absolute Gasteiger partial charge is 0.496 e. The first kappa shape index (κ1) is 34.5. The third-order valence-corrected chi connectivity index (χ3v) is 10.5. The van der Waals surface area contributed by atoms with Crippen molar-refractivity contribution in [2.24, 2.45) is 5.41 Å². The van der Waals surface area contributed by atoms with Crippen molar-refractivity contribution < 1.29 is 19.0 Å². The Morgan fingerprint density at radius 2 is 1.65 bits per heavy atom. The van der Waals surface area contributed by atoms with Crippen LogP contribution >= 0.6 is 23.2 Å². The number of aryl methyl sites for hydroxylation is 1. The Hall–Kier alpha value is -4.32. The fraction of sp³-hybridized carbons (Fsp3) is 0.389. The number of anilines is 2. The summed E-state index contributed by atoms with van der Waals surface area (Å²) in [5, 5.41) is 3.96. The Morgan fingerprint density at radius 3 is 2.27 bits per heavy atom. The van der Waals surface area contributed by atoms with Crippen molar-refractivity contribution in [3.63, 3.8) is 0 Å². The van der Waals surface area contributed by atoms with E-state index >= 15 is 0 Å². The molecule has 0 radical (unpaired) electrons. The number of benzene rings is 2. The quantitative estimate of drug-likeness (QED) is 0.184. The zero-order valence-electron chi connectivity index (χ0n) is 28.4. The van der Waals surface area contributed by atoms with Crippen molar-refractivity contribution in [2.45, 2.75) is 33.2 Å². The Kier molecular flexibility index (Phi) is 9.79. The number of nitrogens with zero attached hydrogens (tertiary/aromatic N) is 5. The van der Waals surface area contributed by atoms with Gasteiger partial charge in [0.15, 0.2) is 5.82 Å². The number of amides is 1. The molecule has 2 aliphatic rings. The first-order valence-corrected chi connectivity index (χ1v) is 17.0. The molecule has 1 atom stereocenters. The summed E-state index contributed by atoms with van der Waals surface area (Å²) < 4.78 is 18.3. The molecule has 1 N–H and O–H groups in total. The highest BCUT2D eigenvalue weighted by atomic mass is 35.5. The lowest BCUT2D eigenvalue weighted by atomic mass is 9.86. The molecule has 4 heterocycles. The Morgan fingerprint density at radius 1 is 0.959 bits per heavy atom. The predicted octanol–water partition coefficient (Wildman–Crippen LogP) is 6.52. The summed E-state index contributed by atoms with van der Waals surface area (Å²) in [4.78, 5) is 41.1. The number of likely N-dealkylation sites (tertiary alicyclic amines) is 1. The van der Waals surface area contributed by atoms with Gasteiger partial charge in [-0.15, -0.1) is 0 Å². The minimum Gasteiger partial charge on any atom is -0.496 e. The third kappa shape index (κ3) is 6.19. The average molecular weight is 708 g/mol. The van der Waals surface area contributed by atoms with Gasteiger partial charge in [0.25, 0.3) is 5.56 Å². The van der Waals surface area contributed by atoms with Crippen LogP contribution in [-0.2, 0) is 11.3 Å². The fourth-order valence-corrected chi connectivity index (χ4v) is 7.82. The average Bonchev–Trinajstić information content (AvgIpc) is 3.73. The van der Waals surface area contributed by atoms with E-state index < -0.39 is 0 Å². The minimum atomic E-state index is -0.350. The lowest BCUT2D eigenvalue weighted by Gasteiger charge is -2.27. The van der Waals surface area contributed by atoms with Crippen LogP contribution in [0.25, 0.3) is 33.5 Å². The normalized spacial score (nSPS) is 17.6. The number of rotatable bonds is 10. The Labute approximate surface area is 295 Å². The molecule has 2 aromatic heterocycles. The minimum absolute atomic E-state index is 0.184. The van der Waals surface area contributed by atoms with E-state index in [9.17, 15) is 9.59 Å². The molecule has 2 fully saturated rings. The number of carbonyl (C=O) groups is 1. The summed E-state index contributed by atoms with van der Waals surface area (Å²) in [7, 11) is 4.55. The second-order valence-electron chi connectivity index (χ2n) is 12.4. The monoisotopic (exact) mass is 706 g/mol. The summed E-state index contributed by atoms with van der Waals surface area (Å²) in [5.74, 6) is 1.17. The molecule has 11 nitrogen and oxygen atoms in total. The molecule has 49 heavy (non-hydrogen) atoms. The molecule has 1 amide bonds. The number of hydrogen-bond donors (Lipinski definition) is 1. The lowest BCUT2D eigenvalue weighted by molar-refractivity contribution is -0.111. The summed E-state index contributed by atoms with van der Waals surface area (Å²) >= 11 is 13.4. The van der Waals surface area contributed by atoms with E-state index in [-0.39, 0.29) is 32.5 Å². The Balaban J connectivity index is 1.47. The molecule has 0 saturated carbocycles. The molecule has 2 aliphatic heterocycles. The van der Waals surface area contributed by atoms with Crippen LogP contribution in [0.3, 0.4) is 0 Å². The molecular weight excluding hydrogens is 667 g/mol. The third-order valence-electron chi connectivity index (χ3n) is 9.73. The highest BCUT2D eigenvalue weighted by Crippen LogP contribution is 2.47. The van der Waals surface area contributed by atoms with Gasteiger partial charge < -0.3 is 29.3 Å². The molecule has 4 aromatic rings. The number of halogens is 2. The highest BCUT2D eigenvalue weighted by Gasteiger charge is 2.43. The lowest BCUT2D eigenvalue weighted by Crippen LogP contribution is -2.31. The molecular formula is C36H40Cl2N6O5. The number of methoxy groups -OCH3 is 3. The Bertz CT molecular complexity index is 1990. The maximum Gasteiger partial charge on any atom is 0.260 e. The van der Waals surface area contributed by atoms with Gasteiger partial charge in [-0.25, -0.2) is 9.97 Å². The van der Waals surface area contributed by atoms with Crippen LogP contribution in [0.2, 0.25) is 10.0 Å². The van der Waals surface area contributed by atoms with Crippen LogP contribution in [0, 0.1) is 5.41 Å². The van der Waals surface area contributed by atoms with Crippen molar-refractivity contribution in [3.8, 4) is 39.8 Å². The number of ether oxygens (including phenoxy) is 3. The molecule has 2 aromatic carbocycles. The molecule has 0 bridgehead atoms. The standard InChI is InChI=1S/C36H40Cl2N6O5/c1-7-29(45)40-24-15-22(26(47-4)16-25(24)43-13-11-36(20-43)10-12-42(8-2)19-36)33-39-18-21-14-23(35(46)44(9-3)34(21)41-33)30-31(37)27(48-5)17-28(49-6)32(30)38/h7,14-18H,1,8-13,19-20H2,2-6H3,(H,40,45). The van der Waals surface area contributed by atoms with E-state index in [2.05, 4.69) is 28.6 Å². The van der Waals surface area contributed by atoms with Gasteiger partial charge in [-0.3, -0.25) is 14.2 Å². The van der Waals surface area contributed by atoms with Crippen molar-refractivity contribution in [1.29, 1.82) is 0 Å². The number of pyridine rings is 1. The first-order chi connectivity index (χ1) is 23.6. The highest BCUT2D eigenvalue weighted by molar-refractivity contribution is 6.41. The first-order valence-electron chi connectivity index (χ1n) is 16.2. The van der Waals surface area contributed by atoms with E-state index in [0.29, 0.717) is 57.5 Å². The topological polar surface area (TPSA) is 111 Å². The van der Waals surface area contributed by atoms with Crippen molar-refractivity contribution in [1.82, 2.24) is 19.4 Å². The van der Waals surface area contributed by atoms with E-state index in [1.54, 1.807) is 30.0 Å². The summed E-state index contributed by atoms with van der Waals surface area (Å²) in [5.41, 5.74) is 2.85. The SMILES string of the molecule is C=CC(=O)Nc1cc(-c2ncc3cc(-c4c(Cl)c(OC)cc(OC)c4Cl)c(=O)n(CC)c3n2)c(OC)cc1N1CCC2(CCN(CC)C2)C1. The zero-order chi connectivity index (χ0) is 35.0. The number of aromatic nitrogens is 3. The summed E-state index contributed by atoms with van der Waals surface area (Å²) in [6, 6.07) is 7.01. The molecule has 2 saturated heterocycles. The predicted molar refractivity (Wildman–Crippen MR) is 195 cm³/mol. The number of hydrogen-bond acceptors (Lipinski definition) is 9. The van der Waals surface area contributed by atoms with Crippen molar-refractivity contribution >= 4 is 51.5 Å². The van der Waals surface area contributed by atoms with Gasteiger partial charge in [0.1, 0.15) is 22.9 Å². The second kappa shape index (κ2) is 13.9. The smallest absolute Gasteiger partial charge is 0.260 e. The molecule has 258 valence electrons. The van der Waals surface area contributed by atoms with Gasteiger partial charge in [-0.05, 0) is 51.1 Å².